The number of aromatic nitrogens is 1. The molecule has 1 amide bonds. The number of carbonyl (C=O) groups excluding carboxylic acids is 1. The van der Waals surface area contributed by atoms with Gasteiger partial charge in [0.05, 0.1) is 0 Å². The fourth-order valence-corrected chi connectivity index (χ4v) is 2.19. The van der Waals surface area contributed by atoms with Crippen LogP contribution in [0.5, 0.6) is 0 Å². The zero-order valence-electron chi connectivity index (χ0n) is 14.1. The van der Waals surface area contributed by atoms with E-state index in [-0.39, 0.29) is 6.09 Å². The van der Waals surface area contributed by atoms with Crippen LogP contribution in [0.3, 0.4) is 0 Å². The SMILES string of the molecule is CC(C)(C)OC(=O)NCCCNCc1ccc2cnccc2c1. The van der Waals surface area contributed by atoms with E-state index in [0.29, 0.717) is 6.54 Å². The summed E-state index contributed by atoms with van der Waals surface area (Å²) in [5, 5.41) is 8.49. The van der Waals surface area contributed by atoms with Crippen molar-refractivity contribution in [2.45, 2.75) is 39.3 Å². The lowest BCUT2D eigenvalue weighted by atomic mass is 10.1. The van der Waals surface area contributed by atoms with Gasteiger partial charge in [-0.2, -0.15) is 0 Å². The lowest BCUT2D eigenvalue weighted by molar-refractivity contribution is 0.0527. The third-order valence-electron chi connectivity index (χ3n) is 3.23. The van der Waals surface area contributed by atoms with Crippen LogP contribution in [-0.4, -0.2) is 29.8 Å². The zero-order chi connectivity index (χ0) is 16.7. The molecule has 23 heavy (non-hydrogen) atoms. The van der Waals surface area contributed by atoms with Gasteiger partial charge in [0.15, 0.2) is 0 Å². The lowest BCUT2D eigenvalue weighted by Crippen LogP contribution is -2.33. The topological polar surface area (TPSA) is 63.2 Å². The minimum absolute atomic E-state index is 0.361. The summed E-state index contributed by atoms with van der Waals surface area (Å²) in [6.45, 7) is 7.81. The normalized spacial score (nSPS) is 11.4. The molecule has 0 unspecified atom stereocenters. The number of fused-ring (bicyclic) bond motifs is 1. The van der Waals surface area contributed by atoms with Crippen molar-refractivity contribution in [1.82, 2.24) is 15.6 Å². The number of ether oxygens (including phenoxy) is 1. The molecule has 5 heteroatoms. The van der Waals surface area contributed by atoms with E-state index < -0.39 is 5.60 Å². The van der Waals surface area contributed by atoms with E-state index in [1.54, 1.807) is 0 Å². The Labute approximate surface area is 137 Å². The first-order chi connectivity index (χ1) is 10.9. The van der Waals surface area contributed by atoms with Gasteiger partial charge < -0.3 is 15.4 Å². The molecule has 2 N–H and O–H groups in total. The van der Waals surface area contributed by atoms with Gasteiger partial charge >= 0.3 is 6.09 Å². The number of hydrogen-bond donors (Lipinski definition) is 2. The molecule has 0 bridgehead atoms. The Balaban J connectivity index is 1.64. The Bertz CT molecular complexity index is 650. The molecule has 0 aliphatic carbocycles. The van der Waals surface area contributed by atoms with E-state index in [2.05, 4.69) is 33.8 Å². The van der Waals surface area contributed by atoms with Crippen molar-refractivity contribution in [2.75, 3.05) is 13.1 Å². The first-order valence-corrected chi connectivity index (χ1v) is 7.94. The number of nitrogens with one attached hydrogen (secondary N) is 2. The summed E-state index contributed by atoms with van der Waals surface area (Å²) in [5.74, 6) is 0. The molecule has 0 saturated heterocycles. The Kier molecular flexibility index (Phi) is 5.93. The van der Waals surface area contributed by atoms with Gasteiger partial charge in [0.1, 0.15) is 5.60 Å². The first kappa shape index (κ1) is 17.2. The number of nitrogens with zero attached hydrogens (tertiary/aromatic N) is 1. The predicted octanol–water partition coefficient (Wildman–Crippen LogP) is 3.24. The van der Waals surface area contributed by atoms with Gasteiger partial charge in [-0.3, -0.25) is 4.98 Å². The average Bonchev–Trinajstić information content (AvgIpc) is 2.49. The van der Waals surface area contributed by atoms with E-state index >= 15 is 0 Å². The van der Waals surface area contributed by atoms with Crippen LogP contribution in [0.2, 0.25) is 0 Å². The Morgan fingerprint density at radius 2 is 2.00 bits per heavy atom. The number of carbonyl (C=O) groups is 1. The molecule has 124 valence electrons. The van der Waals surface area contributed by atoms with Gasteiger partial charge in [0, 0.05) is 30.9 Å². The number of amides is 1. The summed E-state index contributed by atoms with van der Waals surface area (Å²) in [6.07, 6.45) is 4.17. The zero-order valence-corrected chi connectivity index (χ0v) is 14.1. The maximum Gasteiger partial charge on any atom is 0.407 e. The smallest absolute Gasteiger partial charge is 0.407 e. The Hall–Kier alpha value is -2.14. The quantitative estimate of drug-likeness (QED) is 0.803. The van der Waals surface area contributed by atoms with Gasteiger partial charge in [0.2, 0.25) is 0 Å². The highest BCUT2D eigenvalue weighted by Gasteiger charge is 2.15. The molecular weight excluding hydrogens is 290 g/mol. The largest absolute Gasteiger partial charge is 0.444 e. The highest BCUT2D eigenvalue weighted by Crippen LogP contribution is 2.14. The number of alkyl carbamates (subject to hydrolysis) is 1. The molecule has 1 aromatic carbocycles. The molecule has 0 saturated carbocycles. The van der Waals surface area contributed by atoms with Crippen LogP contribution in [-0.2, 0) is 11.3 Å². The Morgan fingerprint density at radius 1 is 1.17 bits per heavy atom. The predicted molar refractivity (Wildman–Crippen MR) is 92.3 cm³/mol. The fourth-order valence-electron chi connectivity index (χ4n) is 2.19. The van der Waals surface area contributed by atoms with Crippen LogP contribution < -0.4 is 10.6 Å². The van der Waals surface area contributed by atoms with Crippen molar-refractivity contribution in [3.8, 4) is 0 Å². The lowest BCUT2D eigenvalue weighted by Gasteiger charge is -2.19. The van der Waals surface area contributed by atoms with Crippen LogP contribution in [0.25, 0.3) is 10.8 Å². The monoisotopic (exact) mass is 315 g/mol. The highest BCUT2D eigenvalue weighted by atomic mass is 16.6. The first-order valence-electron chi connectivity index (χ1n) is 7.94. The number of benzene rings is 1. The second-order valence-electron chi connectivity index (χ2n) is 6.52. The summed E-state index contributed by atoms with van der Waals surface area (Å²) in [7, 11) is 0. The number of pyridine rings is 1. The summed E-state index contributed by atoms with van der Waals surface area (Å²) >= 11 is 0. The van der Waals surface area contributed by atoms with Crippen molar-refractivity contribution in [1.29, 1.82) is 0 Å². The van der Waals surface area contributed by atoms with Crippen molar-refractivity contribution in [3.05, 3.63) is 42.2 Å². The van der Waals surface area contributed by atoms with E-state index in [4.69, 9.17) is 4.74 Å². The maximum atomic E-state index is 11.5. The molecular formula is C18H25N3O2. The number of hydrogen-bond acceptors (Lipinski definition) is 4. The minimum Gasteiger partial charge on any atom is -0.444 e. The highest BCUT2D eigenvalue weighted by molar-refractivity contribution is 5.81. The molecule has 0 spiro atoms. The van der Waals surface area contributed by atoms with E-state index in [1.807, 2.05) is 39.2 Å². The van der Waals surface area contributed by atoms with Crippen LogP contribution in [0.4, 0.5) is 4.79 Å². The maximum absolute atomic E-state index is 11.5. The summed E-state index contributed by atoms with van der Waals surface area (Å²) < 4.78 is 5.18. The second kappa shape index (κ2) is 7.92. The fraction of sp³-hybridized carbons (Fsp3) is 0.444. The van der Waals surface area contributed by atoms with Gasteiger partial charge in [-0.25, -0.2) is 4.79 Å². The molecule has 1 aromatic heterocycles. The van der Waals surface area contributed by atoms with Crippen LogP contribution in [0.15, 0.2) is 36.7 Å². The van der Waals surface area contributed by atoms with E-state index in [1.165, 1.54) is 10.9 Å². The molecule has 2 aromatic rings. The molecule has 0 fully saturated rings. The standard InChI is InChI=1S/C18H25N3O2/c1-18(2,3)23-17(22)21-9-4-8-19-12-14-5-6-16-13-20-10-7-15(16)11-14/h5-7,10-11,13,19H,4,8-9,12H2,1-3H3,(H,21,22). The van der Waals surface area contributed by atoms with Gasteiger partial charge in [-0.1, -0.05) is 12.1 Å². The molecule has 5 nitrogen and oxygen atoms in total. The van der Waals surface area contributed by atoms with Crippen LogP contribution in [0.1, 0.15) is 32.8 Å². The van der Waals surface area contributed by atoms with Crippen molar-refractivity contribution in [3.63, 3.8) is 0 Å². The third-order valence-corrected chi connectivity index (χ3v) is 3.23. The average molecular weight is 315 g/mol. The Morgan fingerprint density at radius 3 is 2.78 bits per heavy atom. The van der Waals surface area contributed by atoms with Crippen molar-refractivity contribution < 1.29 is 9.53 Å². The molecule has 0 atom stereocenters. The molecule has 0 radical (unpaired) electrons. The summed E-state index contributed by atoms with van der Waals surface area (Å²) in [4.78, 5) is 15.6. The van der Waals surface area contributed by atoms with Gasteiger partial charge in [-0.15, -0.1) is 0 Å². The van der Waals surface area contributed by atoms with Crippen molar-refractivity contribution in [2.24, 2.45) is 0 Å². The molecule has 0 aliphatic heterocycles. The third kappa shape index (κ3) is 6.24. The summed E-state index contributed by atoms with van der Waals surface area (Å²) in [5.41, 5.74) is 0.789. The second-order valence-corrected chi connectivity index (χ2v) is 6.52. The van der Waals surface area contributed by atoms with Crippen LogP contribution >= 0.6 is 0 Å². The van der Waals surface area contributed by atoms with E-state index in [9.17, 15) is 4.79 Å². The van der Waals surface area contributed by atoms with Gasteiger partial charge in [-0.05, 0) is 56.8 Å². The van der Waals surface area contributed by atoms with Crippen molar-refractivity contribution >= 4 is 16.9 Å². The molecule has 2 rings (SSSR count). The number of rotatable bonds is 6. The molecule has 0 aliphatic rings. The minimum atomic E-state index is -0.450. The van der Waals surface area contributed by atoms with E-state index in [0.717, 1.165) is 24.9 Å². The van der Waals surface area contributed by atoms with Gasteiger partial charge in [0.25, 0.3) is 0 Å². The molecule has 1 heterocycles. The summed E-state index contributed by atoms with van der Waals surface area (Å²) in [6, 6.07) is 8.38. The van der Waals surface area contributed by atoms with Crippen LogP contribution in [0, 0.1) is 0 Å².